The van der Waals surface area contributed by atoms with Gasteiger partial charge in [0.05, 0.1) is 12.3 Å². The summed E-state index contributed by atoms with van der Waals surface area (Å²) in [6.07, 6.45) is 0.603. The van der Waals surface area contributed by atoms with E-state index in [0.29, 0.717) is 17.8 Å². The van der Waals surface area contributed by atoms with E-state index in [2.05, 4.69) is 15.7 Å². The number of carbonyl (C=O) groups is 3. The number of benzene rings is 2. The Bertz CT molecular complexity index is 1020. The number of nitrogens with one attached hydrogen (secondary N) is 2. The molecule has 0 saturated carbocycles. The molecule has 0 fully saturated rings. The lowest BCUT2D eigenvalue weighted by atomic mass is 10.1. The van der Waals surface area contributed by atoms with Gasteiger partial charge in [0.1, 0.15) is 11.8 Å². The third kappa shape index (κ3) is 6.65. The molecule has 2 aromatic rings. The molecule has 8 nitrogen and oxygen atoms in total. The average molecular weight is 451 g/mol. The number of carbonyl (C=O) groups excluding carboxylic acids is 3. The van der Waals surface area contributed by atoms with E-state index in [1.54, 1.807) is 11.9 Å². The molecular weight excluding hydrogens is 420 g/mol. The number of para-hydroxylation sites is 1. The number of rotatable bonds is 9. The number of nitrogens with zero attached hydrogens (tertiary/aromatic N) is 2. The summed E-state index contributed by atoms with van der Waals surface area (Å²) < 4.78 is 5.07. The molecule has 1 atom stereocenters. The third-order valence-electron chi connectivity index (χ3n) is 5.02. The fourth-order valence-corrected chi connectivity index (χ4v) is 3.52. The minimum atomic E-state index is -0.666. The van der Waals surface area contributed by atoms with E-state index < -0.39 is 12.0 Å². The van der Waals surface area contributed by atoms with Gasteiger partial charge in [0, 0.05) is 25.1 Å². The zero-order valence-electron chi connectivity index (χ0n) is 19.2. The summed E-state index contributed by atoms with van der Waals surface area (Å²) in [7, 11) is 0. The molecule has 2 amide bonds. The summed E-state index contributed by atoms with van der Waals surface area (Å²) in [5.41, 5.74) is 2.47. The van der Waals surface area contributed by atoms with Crippen molar-refractivity contribution in [2.24, 2.45) is 11.0 Å². The topological polar surface area (TPSA) is 100 Å². The van der Waals surface area contributed by atoms with Crippen LogP contribution in [-0.4, -0.2) is 36.1 Å². The molecule has 0 bridgehead atoms. The molecule has 1 aliphatic rings. The van der Waals surface area contributed by atoms with E-state index in [4.69, 9.17) is 4.74 Å². The zero-order valence-corrected chi connectivity index (χ0v) is 19.2. The Hall–Kier alpha value is -3.68. The third-order valence-corrected chi connectivity index (χ3v) is 5.02. The van der Waals surface area contributed by atoms with Crippen LogP contribution in [0.1, 0.15) is 39.2 Å². The van der Waals surface area contributed by atoms with Gasteiger partial charge in [0.2, 0.25) is 11.8 Å². The van der Waals surface area contributed by atoms with Crippen molar-refractivity contribution < 1.29 is 19.1 Å². The first-order valence-corrected chi connectivity index (χ1v) is 11.1. The van der Waals surface area contributed by atoms with Crippen LogP contribution in [-0.2, 0) is 25.7 Å². The van der Waals surface area contributed by atoms with Crippen molar-refractivity contribution in [1.82, 2.24) is 5.32 Å². The Labute approximate surface area is 194 Å². The zero-order chi connectivity index (χ0) is 23.8. The first-order valence-electron chi connectivity index (χ1n) is 11.1. The molecule has 3 rings (SSSR count). The van der Waals surface area contributed by atoms with Crippen LogP contribution in [0.3, 0.4) is 0 Å². The van der Waals surface area contributed by atoms with E-state index in [9.17, 15) is 14.4 Å². The summed E-state index contributed by atoms with van der Waals surface area (Å²) >= 11 is 0. The number of hydrogen-bond donors (Lipinski definition) is 2. The molecule has 0 aliphatic carbocycles. The summed E-state index contributed by atoms with van der Waals surface area (Å²) in [6.45, 7) is 6.23. The van der Waals surface area contributed by atoms with Crippen LogP contribution < -0.4 is 15.6 Å². The summed E-state index contributed by atoms with van der Waals surface area (Å²) in [6, 6.07) is 15.9. The SMILES string of the molecule is CCOC(=O)C1=NN(c2ccccc2)C(C(=O)NCc2cccc(NC(=O)CC(C)C)c2)C1. The largest absolute Gasteiger partial charge is 0.461 e. The van der Waals surface area contributed by atoms with Crippen LogP contribution >= 0.6 is 0 Å². The van der Waals surface area contributed by atoms with Gasteiger partial charge in [-0.25, -0.2) is 4.79 Å². The Balaban J connectivity index is 1.67. The van der Waals surface area contributed by atoms with E-state index in [1.807, 2.05) is 68.4 Å². The predicted octanol–water partition coefficient (Wildman–Crippen LogP) is 3.49. The first kappa shape index (κ1) is 24.0. The molecule has 1 heterocycles. The number of esters is 1. The predicted molar refractivity (Wildman–Crippen MR) is 128 cm³/mol. The highest BCUT2D eigenvalue weighted by atomic mass is 16.5. The maximum atomic E-state index is 13.1. The van der Waals surface area contributed by atoms with Gasteiger partial charge in [-0.1, -0.05) is 44.2 Å². The Morgan fingerprint density at radius 1 is 1.12 bits per heavy atom. The van der Waals surface area contributed by atoms with Gasteiger partial charge in [-0.3, -0.25) is 14.6 Å². The highest BCUT2D eigenvalue weighted by Crippen LogP contribution is 2.25. The summed E-state index contributed by atoms with van der Waals surface area (Å²) in [5, 5.41) is 11.7. The second kappa shape index (κ2) is 11.3. The molecule has 0 aromatic heterocycles. The van der Waals surface area contributed by atoms with Gasteiger partial charge >= 0.3 is 5.97 Å². The van der Waals surface area contributed by atoms with E-state index >= 15 is 0 Å². The Morgan fingerprint density at radius 3 is 2.58 bits per heavy atom. The van der Waals surface area contributed by atoms with Crippen molar-refractivity contribution in [3.05, 3.63) is 60.2 Å². The van der Waals surface area contributed by atoms with Crippen LogP contribution in [0.15, 0.2) is 59.7 Å². The molecule has 174 valence electrons. The monoisotopic (exact) mass is 450 g/mol. The number of ether oxygens (including phenoxy) is 1. The minimum Gasteiger partial charge on any atom is -0.461 e. The van der Waals surface area contributed by atoms with Crippen molar-refractivity contribution in [2.45, 2.75) is 46.2 Å². The van der Waals surface area contributed by atoms with Crippen LogP contribution in [0.2, 0.25) is 0 Å². The molecule has 1 unspecified atom stereocenters. The number of amides is 2. The van der Waals surface area contributed by atoms with E-state index in [-0.39, 0.29) is 43.0 Å². The lowest BCUT2D eigenvalue weighted by Gasteiger charge is -2.22. The smallest absolute Gasteiger partial charge is 0.354 e. The number of hydrogen-bond acceptors (Lipinski definition) is 6. The maximum absolute atomic E-state index is 13.1. The lowest BCUT2D eigenvalue weighted by Crippen LogP contribution is -2.42. The molecular formula is C25H30N4O4. The number of anilines is 2. The Kier molecular flexibility index (Phi) is 8.18. The van der Waals surface area contributed by atoms with Crippen molar-refractivity contribution in [3.63, 3.8) is 0 Å². The molecule has 0 spiro atoms. The molecule has 0 saturated heterocycles. The van der Waals surface area contributed by atoms with Crippen LogP contribution in [0.25, 0.3) is 0 Å². The maximum Gasteiger partial charge on any atom is 0.354 e. The van der Waals surface area contributed by atoms with Crippen LogP contribution in [0.5, 0.6) is 0 Å². The quantitative estimate of drug-likeness (QED) is 0.570. The number of hydrazone groups is 1. The fraction of sp³-hybridized carbons (Fsp3) is 0.360. The molecule has 33 heavy (non-hydrogen) atoms. The standard InChI is InChI=1S/C25H30N4O4/c1-4-33-25(32)21-15-22(29(28-21)20-11-6-5-7-12-20)24(31)26-16-18-9-8-10-19(14-18)27-23(30)13-17(2)3/h5-12,14,17,22H,4,13,15-16H2,1-3H3,(H,26,31)(H,27,30). The van der Waals surface area contributed by atoms with Gasteiger partial charge in [-0.2, -0.15) is 5.10 Å². The second-order valence-electron chi connectivity index (χ2n) is 8.23. The van der Waals surface area contributed by atoms with Crippen molar-refractivity contribution in [1.29, 1.82) is 0 Å². The highest BCUT2D eigenvalue weighted by molar-refractivity contribution is 6.38. The van der Waals surface area contributed by atoms with Crippen molar-refractivity contribution in [3.8, 4) is 0 Å². The van der Waals surface area contributed by atoms with Crippen LogP contribution in [0, 0.1) is 5.92 Å². The van der Waals surface area contributed by atoms with Crippen LogP contribution in [0.4, 0.5) is 11.4 Å². The van der Waals surface area contributed by atoms with E-state index in [1.165, 1.54) is 0 Å². The average Bonchev–Trinajstić information content (AvgIpc) is 3.24. The van der Waals surface area contributed by atoms with Crippen molar-refractivity contribution >= 4 is 34.9 Å². The summed E-state index contributed by atoms with van der Waals surface area (Å²) in [4.78, 5) is 37.3. The molecule has 8 heteroatoms. The first-order chi connectivity index (χ1) is 15.9. The fourth-order valence-electron chi connectivity index (χ4n) is 3.52. The normalized spacial score (nSPS) is 15.2. The lowest BCUT2D eigenvalue weighted by molar-refractivity contribution is -0.135. The van der Waals surface area contributed by atoms with Gasteiger partial charge in [-0.05, 0) is 42.7 Å². The van der Waals surface area contributed by atoms with Gasteiger partial charge < -0.3 is 15.4 Å². The molecule has 2 aromatic carbocycles. The minimum absolute atomic E-state index is 0.0423. The Morgan fingerprint density at radius 2 is 1.88 bits per heavy atom. The van der Waals surface area contributed by atoms with E-state index in [0.717, 1.165) is 5.56 Å². The molecule has 2 N–H and O–H groups in total. The summed E-state index contributed by atoms with van der Waals surface area (Å²) in [5.74, 6) is -0.540. The molecule has 0 radical (unpaired) electrons. The highest BCUT2D eigenvalue weighted by Gasteiger charge is 2.36. The van der Waals surface area contributed by atoms with Gasteiger partial charge in [0.15, 0.2) is 0 Å². The van der Waals surface area contributed by atoms with Gasteiger partial charge in [0.25, 0.3) is 0 Å². The van der Waals surface area contributed by atoms with Crippen molar-refractivity contribution in [2.75, 3.05) is 16.9 Å². The van der Waals surface area contributed by atoms with Gasteiger partial charge in [-0.15, -0.1) is 0 Å². The molecule has 1 aliphatic heterocycles. The second-order valence-corrected chi connectivity index (χ2v) is 8.23.